The molecule has 0 fully saturated rings. The van der Waals surface area contributed by atoms with E-state index in [0.717, 1.165) is 0 Å². The summed E-state index contributed by atoms with van der Waals surface area (Å²) < 4.78 is 0.684. The normalized spacial score (nSPS) is 12.2. The van der Waals surface area contributed by atoms with Gasteiger partial charge in [-0.2, -0.15) is 0 Å². The first-order chi connectivity index (χ1) is 2.56. The third-order valence-electron chi connectivity index (χ3n) is 0.433. The molecule has 32 valence electrons. The average molecular weight is 209 g/mol. The van der Waals surface area contributed by atoms with Gasteiger partial charge in [-0.15, -0.1) is 0 Å². The fourth-order valence-electron chi connectivity index (χ4n) is 0. The van der Waals surface area contributed by atoms with Gasteiger partial charge in [-0.25, -0.2) is 0 Å². The summed E-state index contributed by atoms with van der Waals surface area (Å²) in [4.78, 5) is 0. The molecule has 0 unspecified atom stereocenters. The molecule has 0 N–H and O–H groups in total. The van der Waals surface area contributed by atoms with Crippen molar-refractivity contribution in [2.24, 2.45) is 0 Å². The van der Waals surface area contributed by atoms with Crippen LogP contribution in [0.25, 0.3) is 0 Å². The first-order valence-corrected chi connectivity index (χ1v) is 8.68. The van der Waals surface area contributed by atoms with Crippen molar-refractivity contribution in [2.45, 2.75) is 24.2 Å². The fourth-order valence-corrected chi connectivity index (χ4v) is 0. The summed E-state index contributed by atoms with van der Waals surface area (Å²) in [5.74, 6) is 0. The van der Waals surface area contributed by atoms with Gasteiger partial charge >= 0.3 is 59.3 Å². The maximum absolute atomic E-state index is 2.31. The van der Waals surface area contributed by atoms with Crippen LogP contribution in [0.2, 0.25) is 3.46 Å². The van der Waals surface area contributed by atoms with Gasteiger partial charge in [0.1, 0.15) is 0 Å². The summed E-state index contributed by atoms with van der Waals surface area (Å²) in [6.07, 6.45) is 0. The Balaban J connectivity index is 3.17. The van der Waals surface area contributed by atoms with E-state index in [9.17, 15) is 0 Å². The zero-order valence-electron chi connectivity index (χ0n) is 4.62. The molecule has 0 amide bonds. The van der Waals surface area contributed by atoms with Gasteiger partial charge in [-0.3, -0.25) is 0 Å². The molecule has 0 aromatic carbocycles. The molecule has 0 saturated carbocycles. The van der Waals surface area contributed by atoms with Crippen LogP contribution < -0.4 is 0 Å². The minimum absolute atomic E-state index is 0.345. The van der Waals surface area contributed by atoms with Crippen molar-refractivity contribution in [2.75, 3.05) is 0 Å². The fraction of sp³-hybridized carbons (Fsp3) is 1.00. The van der Waals surface area contributed by atoms with Crippen LogP contribution in [0.3, 0.4) is 0 Å². The molecule has 0 saturated heterocycles. The summed E-state index contributed by atoms with van der Waals surface area (Å²) in [5.41, 5.74) is 0. The molecule has 0 aromatic rings. The van der Waals surface area contributed by atoms with E-state index in [1.807, 2.05) is 0 Å². The van der Waals surface area contributed by atoms with Crippen LogP contribution in [-0.4, -0.2) is 35.1 Å². The van der Waals surface area contributed by atoms with Gasteiger partial charge in [-0.05, 0) is 0 Å². The van der Waals surface area contributed by atoms with Gasteiger partial charge < -0.3 is 0 Å². The third kappa shape index (κ3) is 5.56. The molecule has 2 heteroatoms. The Morgan fingerprint density at radius 3 is 1.50 bits per heavy atom. The van der Waals surface area contributed by atoms with E-state index >= 15 is 0 Å². The van der Waals surface area contributed by atoms with Crippen LogP contribution in [0.15, 0.2) is 0 Å². The van der Waals surface area contributed by atoms with Crippen LogP contribution in [0.1, 0.15) is 20.8 Å². The molecule has 0 aliphatic heterocycles. The molecular weight excluding hydrogens is 200 g/mol. The summed E-state index contributed by atoms with van der Waals surface area (Å²) in [6.45, 7) is 6.92. The first-order valence-electron chi connectivity index (χ1n) is 1.99. The summed E-state index contributed by atoms with van der Waals surface area (Å²) in [5, 5.41) is 0. The molecule has 0 nitrogen and oxygen atoms in total. The van der Waals surface area contributed by atoms with Crippen molar-refractivity contribution in [3.63, 3.8) is 0 Å². The molecule has 0 spiro atoms. The van der Waals surface area contributed by atoms with Gasteiger partial charge in [0.15, 0.2) is 0 Å². The second kappa shape index (κ2) is 2.76. The molecule has 0 aliphatic rings. The van der Waals surface area contributed by atoms with E-state index in [1.165, 1.54) is 0 Å². The predicted octanol–water partition coefficient (Wildman–Crippen LogP) is 0.992. The molecule has 0 heterocycles. The van der Waals surface area contributed by atoms with Gasteiger partial charge in [-0.1, -0.05) is 0 Å². The first kappa shape index (κ1) is 7.56. The van der Waals surface area contributed by atoms with Crippen molar-refractivity contribution < 1.29 is 0 Å². The van der Waals surface area contributed by atoms with Crippen LogP contribution in [0.4, 0.5) is 0 Å². The Labute approximate surface area is 58.9 Å². The number of hydrogen-bond donors (Lipinski definition) is 0. The molecule has 0 radical (unpaired) electrons. The van der Waals surface area contributed by atoms with E-state index in [4.69, 9.17) is 0 Å². The Bertz CT molecular complexity index is 37.3. The van der Waals surface area contributed by atoms with Crippen LogP contribution >= 0.6 is 0 Å². The average Bonchev–Trinajstić information content (AvgIpc) is 1.35. The van der Waals surface area contributed by atoms with Gasteiger partial charge in [0.05, 0.1) is 0 Å². The van der Waals surface area contributed by atoms with Crippen LogP contribution in [0.5, 0.6) is 0 Å². The van der Waals surface area contributed by atoms with Crippen molar-refractivity contribution in [3.05, 3.63) is 0 Å². The standard InChI is InChI=1S/C4H10Te.Mg/c1-4(2,3)5;/h5H,1-3H3;/q;+2/p-1. The molecule has 0 rings (SSSR count). The van der Waals surface area contributed by atoms with Gasteiger partial charge in [0.25, 0.3) is 0 Å². The molecule has 6 heavy (non-hydrogen) atoms. The van der Waals surface area contributed by atoms with E-state index < -0.39 is 0 Å². The Morgan fingerprint density at radius 1 is 1.33 bits per heavy atom. The topological polar surface area (TPSA) is 0 Å². The quantitative estimate of drug-likeness (QED) is 0.522. The monoisotopic (exact) mass is 211 g/mol. The zero-order valence-corrected chi connectivity index (χ0v) is 8.36. The van der Waals surface area contributed by atoms with E-state index in [2.05, 4.69) is 38.7 Å². The second-order valence-electron chi connectivity index (χ2n) is 2.26. The summed E-state index contributed by atoms with van der Waals surface area (Å²) >= 11 is 2.51. The Morgan fingerprint density at radius 2 is 1.50 bits per heavy atom. The summed E-state index contributed by atoms with van der Waals surface area (Å²) in [7, 11) is 0. The Hall–Kier alpha value is 1.56. The van der Waals surface area contributed by atoms with Crippen molar-refractivity contribution >= 4 is 35.1 Å². The third-order valence-corrected chi connectivity index (χ3v) is 8.71. The van der Waals surface area contributed by atoms with Crippen LogP contribution in [0, 0.1) is 0 Å². The predicted molar refractivity (Wildman–Crippen MR) is 31.2 cm³/mol. The van der Waals surface area contributed by atoms with Gasteiger partial charge in [0, 0.05) is 0 Å². The summed E-state index contributed by atoms with van der Waals surface area (Å²) in [6, 6.07) is 0. The molecule has 0 atom stereocenters. The van der Waals surface area contributed by atoms with Crippen molar-refractivity contribution in [3.8, 4) is 0 Å². The number of rotatable bonds is 0. The van der Waals surface area contributed by atoms with E-state index in [1.54, 1.807) is 0 Å². The maximum atomic E-state index is 2.31. The van der Waals surface area contributed by atoms with Crippen LogP contribution in [-0.2, 0) is 0 Å². The minimum atomic E-state index is 0.345. The van der Waals surface area contributed by atoms with E-state index in [0.29, 0.717) is 20.7 Å². The molecule has 0 bridgehead atoms. The Kier molecular flexibility index (Phi) is 3.48. The SMILES string of the molecule is CC(C)(C)[Te][Mg+]. The van der Waals surface area contributed by atoms with Crippen molar-refractivity contribution in [1.82, 2.24) is 0 Å². The number of hydrogen-bond acceptors (Lipinski definition) is 0. The zero-order chi connectivity index (χ0) is 5.21. The molecule has 0 aliphatic carbocycles. The van der Waals surface area contributed by atoms with Gasteiger partial charge in [0.2, 0.25) is 0 Å². The molecule has 0 aromatic heterocycles. The molecular formula is C4H9MgTe+. The van der Waals surface area contributed by atoms with Crippen molar-refractivity contribution in [1.29, 1.82) is 0 Å². The second-order valence-corrected chi connectivity index (χ2v) is 8.51. The van der Waals surface area contributed by atoms with E-state index in [-0.39, 0.29) is 0 Å².